The average Bonchev–Trinajstić information content (AvgIpc) is 2.26. The molecule has 3 N–H and O–H groups in total. The van der Waals surface area contributed by atoms with Gasteiger partial charge in [0.15, 0.2) is 0 Å². The summed E-state index contributed by atoms with van der Waals surface area (Å²) >= 11 is 0. The molecular formula is C11H24N2O2. The van der Waals surface area contributed by atoms with Gasteiger partial charge in [-0.25, -0.2) is 0 Å². The third-order valence-electron chi connectivity index (χ3n) is 3.18. The van der Waals surface area contributed by atoms with Crippen LogP contribution in [0.1, 0.15) is 26.7 Å². The van der Waals surface area contributed by atoms with E-state index in [1.165, 1.54) is 6.42 Å². The van der Waals surface area contributed by atoms with E-state index in [-0.39, 0.29) is 12.1 Å². The topological polar surface area (TPSA) is 56.5 Å². The Bertz CT molecular complexity index is 170. The molecular weight excluding hydrogens is 192 g/mol. The molecule has 3 atom stereocenters. The largest absolute Gasteiger partial charge is 0.381 e. The monoisotopic (exact) mass is 216 g/mol. The third-order valence-corrected chi connectivity index (χ3v) is 3.18. The van der Waals surface area contributed by atoms with Crippen LogP contribution in [0.4, 0.5) is 0 Å². The highest BCUT2D eigenvalue weighted by Crippen LogP contribution is 2.23. The van der Waals surface area contributed by atoms with Crippen LogP contribution in [0, 0.1) is 11.8 Å². The van der Waals surface area contributed by atoms with Crippen molar-refractivity contribution < 1.29 is 9.47 Å². The molecule has 4 nitrogen and oxygen atoms in total. The fraction of sp³-hybridized carbons (Fsp3) is 1.00. The molecule has 15 heavy (non-hydrogen) atoms. The van der Waals surface area contributed by atoms with Gasteiger partial charge in [0.2, 0.25) is 0 Å². The molecule has 0 aromatic carbocycles. The van der Waals surface area contributed by atoms with Crippen molar-refractivity contribution in [1.82, 2.24) is 5.43 Å². The maximum atomic E-state index is 5.63. The number of ether oxygens (including phenoxy) is 2. The van der Waals surface area contributed by atoms with Crippen LogP contribution in [0.15, 0.2) is 0 Å². The van der Waals surface area contributed by atoms with Gasteiger partial charge in [0.05, 0.1) is 18.8 Å². The van der Waals surface area contributed by atoms with Crippen LogP contribution in [0.2, 0.25) is 0 Å². The molecule has 1 heterocycles. The van der Waals surface area contributed by atoms with Gasteiger partial charge in [-0.1, -0.05) is 13.8 Å². The maximum Gasteiger partial charge on any atom is 0.0764 e. The summed E-state index contributed by atoms with van der Waals surface area (Å²) in [4.78, 5) is 0. The minimum atomic E-state index is 0.154. The molecule has 1 rings (SSSR count). The van der Waals surface area contributed by atoms with Crippen LogP contribution in [-0.2, 0) is 9.47 Å². The highest BCUT2D eigenvalue weighted by atomic mass is 16.5. The molecule has 1 saturated heterocycles. The first-order chi connectivity index (χ1) is 7.20. The molecule has 1 aliphatic rings. The Hall–Kier alpha value is -0.160. The third kappa shape index (κ3) is 3.41. The van der Waals surface area contributed by atoms with E-state index in [0.717, 1.165) is 19.6 Å². The predicted molar refractivity (Wildman–Crippen MR) is 60.3 cm³/mol. The molecule has 0 saturated carbocycles. The summed E-state index contributed by atoms with van der Waals surface area (Å²) in [6.07, 6.45) is 2.44. The van der Waals surface area contributed by atoms with Crippen molar-refractivity contribution in [3.05, 3.63) is 0 Å². The zero-order chi connectivity index (χ0) is 11.3. The van der Waals surface area contributed by atoms with Crippen LogP contribution in [0.3, 0.4) is 0 Å². The zero-order valence-corrected chi connectivity index (χ0v) is 10.0. The lowest BCUT2D eigenvalue weighted by Gasteiger charge is -2.36. The number of hydrogen-bond acceptors (Lipinski definition) is 4. The van der Waals surface area contributed by atoms with E-state index in [4.69, 9.17) is 15.3 Å². The number of hydrazine groups is 1. The standard InChI is InChI=1S/C11H24N2O2/c1-8(2)11(14-3)10(13-12)9-5-4-6-15-7-9/h8-11,13H,4-7,12H2,1-3H3. The molecule has 1 fully saturated rings. The van der Waals surface area contributed by atoms with E-state index < -0.39 is 0 Å². The first-order valence-electron chi connectivity index (χ1n) is 5.77. The van der Waals surface area contributed by atoms with Crippen molar-refractivity contribution in [2.75, 3.05) is 20.3 Å². The van der Waals surface area contributed by atoms with E-state index >= 15 is 0 Å². The molecule has 3 unspecified atom stereocenters. The van der Waals surface area contributed by atoms with Gasteiger partial charge in [0, 0.05) is 19.6 Å². The predicted octanol–water partition coefficient (Wildman–Crippen LogP) is 0.916. The van der Waals surface area contributed by atoms with E-state index in [1.54, 1.807) is 7.11 Å². The summed E-state index contributed by atoms with van der Waals surface area (Å²) in [5, 5.41) is 0. The highest BCUT2D eigenvalue weighted by Gasteiger charge is 2.32. The van der Waals surface area contributed by atoms with Crippen LogP contribution in [0.5, 0.6) is 0 Å². The number of methoxy groups -OCH3 is 1. The summed E-state index contributed by atoms with van der Waals surface area (Å²) in [6, 6.07) is 0.190. The number of nitrogens with two attached hydrogens (primary N) is 1. The summed E-state index contributed by atoms with van der Waals surface area (Å²) in [5.74, 6) is 6.56. The van der Waals surface area contributed by atoms with Crippen LogP contribution in [-0.4, -0.2) is 32.5 Å². The normalized spacial score (nSPS) is 26.6. The fourth-order valence-electron chi connectivity index (χ4n) is 2.38. The molecule has 0 radical (unpaired) electrons. The summed E-state index contributed by atoms with van der Waals surface area (Å²) in [5.41, 5.74) is 2.90. The number of rotatable bonds is 5. The van der Waals surface area contributed by atoms with Crippen molar-refractivity contribution in [3.63, 3.8) is 0 Å². The molecule has 4 heteroatoms. The van der Waals surface area contributed by atoms with Gasteiger partial charge in [-0.3, -0.25) is 11.3 Å². The molecule has 0 aromatic heterocycles. The van der Waals surface area contributed by atoms with E-state index in [9.17, 15) is 0 Å². The summed E-state index contributed by atoms with van der Waals surface area (Å²) in [6.45, 7) is 5.99. The Labute approximate surface area is 92.5 Å². The maximum absolute atomic E-state index is 5.63. The lowest BCUT2D eigenvalue weighted by atomic mass is 9.86. The molecule has 0 aromatic rings. The highest BCUT2D eigenvalue weighted by molar-refractivity contribution is 4.85. The molecule has 90 valence electrons. The van der Waals surface area contributed by atoms with Gasteiger partial charge in [-0.2, -0.15) is 0 Å². The molecule has 1 aliphatic heterocycles. The van der Waals surface area contributed by atoms with Crippen LogP contribution >= 0.6 is 0 Å². The second-order valence-corrected chi connectivity index (χ2v) is 4.61. The van der Waals surface area contributed by atoms with Crippen LogP contribution < -0.4 is 11.3 Å². The van der Waals surface area contributed by atoms with E-state index in [0.29, 0.717) is 11.8 Å². The molecule has 0 bridgehead atoms. The average molecular weight is 216 g/mol. The molecule has 0 amide bonds. The lowest BCUT2D eigenvalue weighted by Crippen LogP contribution is -2.53. The molecule has 0 aliphatic carbocycles. The first kappa shape index (κ1) is 12.9. The second kappa shape index (κ2) is 6.43. The SMILES string of the molecule is COC(C(C)C)C(NN)C1CCCOC1. The van der Waals surface area contributed by atoms with Crippen molar-refractivity contribution in [2.24, 2.45) is 17.7 Å². The lowest BCUT2D eigenvalue weighted by molar-refractivity contribution is -0.0262. The second-order valence-electron chi connectivity index (χ2n) is 4.61. The zero-order valence-electron chi connectivity index (χ0n) is 10.0. The minimum Gasteiger partial charge on any atom is -0.381 e. The summed E-state index contributed by atoms with van der Waals surface area (Å²) < 4.78 is 11.0. The quantitative estimate of drug-likeness (QED) is 0.530. The molecule has 0 spiro atoms. The Morgan fingerprint density at radius 1 is 1.47 bits per heavy atom. The van der Waals surface area contributed by atoms with Gasteiger partial charge < -0.3 is 9.47 Å². The summed E-state index contributed by atoms with van der Waals surface area (Å²) in [7, 11) is 1.75. The fourth-order valence-corrected chi connectivity index (χ4v) is 2.38. The van der Waals surface area contributed by atoms with Gasteiger partial charge in [0.25, 0.3) is 0 Å². The van der Waals surface area contributed by atoms with E-state index in [2.05, 4.69) is 19.3 Å². The van der Waals surface area contributed by atoms with Crippen molar-refractivity contribution in [1.29, 1.82) is 0 Å². The minimum absolute atomic E-state index is 0.154. The van der Waals surface area contributed by atoms with E-state index in [1.807, 2.05) is 0 Å². The van der Waals surface area contributed by atoms with Gasteiger partial charge in [0.1, 0.15) is 0 Å². The van der Waals surface area contributed by atoms with Gasteiger partial charge in [-0.15, -0.1) is 0 Å². The van der Waals surface area contributed by atoms with Gasteiger partial charge in [-0.05, 0) is 18.8 Å². The van der Waals surface area contributed by atoms with Crippen LogP contribution in [0.25, 0.3) is 0 Å². The Balaban J connectivity index is 2.58. The van der Waals surface area contributed by atoms with Crippen molar-refractivity contribution >= 4 is 0 Å². The number of nitrogens with one attached hydrogen (secondary N) is 1. The Morgan fingerprint density at radius 3 is 2.60 bits per heavy atom. The Morgan fingerprint density at radius 2 is 2.20 bits per heavy atom. The van der Waals surface area contributed by atoms with Crippen molar-refractivity contribution in [2.45, 2.75) is 38.8 Å². The smallest absolute Gasteiger partial charge is 0.0764 e. The van der Waals surface area contributed by atoms with Gasteiger partial charge >= 0.3 is 0 Å². The Kier molecular flexibility index (Phi) is 5.53. The first-order valence-corrected chi connectivity index (χ1v) is 5.77. The number of hydrogen-bond donors (Lipinski definition) is 2. The van der Waals surface area contributed by atoms with Crippen molar-refractivity contribution in [3.8, 4) is 0 Å².